The number of methoxy groups -OCH3 is 1. The number of aliphatic hydroxyl groups excluding tert-OH is 1. The highest BCUT2D eigenvalue weighted by Gasteiger charge is 2.59. The van der Waals surface area contributed by atoms with Gasteiger partial charge in [-0.2, -0.15) is 0 Å². The molecule has 4 rings (SSSR count). The SMILES string of the molecule is CO[C@H]1CC[C@@]2(C)C(=CCC3C4CCC([C@@H](C)O)[C@@]4(C)CCC32)C1. The van der Waals surface area contributed by atoms with Crippen molar-refractivity contribution in [3.63, 3.8) is 0 Å². The van der Waals surface area contributed by atoms with Gasteiger partial charge in [0.2, 0.25) is 0 Å². The van der Waals surface area contributed by atoms with Gasteiger partial charge in [-0.1, -0.05) is 25.5 Å². The molecule has 2 heteroatoms. The van der Waals surface area contributed by atoms with Crippen molar-refractivity contribution in [3.8, 4) is 0 Å². The van der Waals surface area contributed by atoms with Gasteiger partial charge >= 0.3 is 0 Å². The van der Waals surface area contributed by atoms with E-state index >= 15 is 0 Å². The topological polar surface area (TPSA) is 29.5 Å². The summed E-state index contributed by atoms with van der Waals surface area (Å²) in [6, 6.07) is 0. The van der Waals surface area contributed by atoms with Crippen LogP contribution >= 0.6 is 0 Å². The Morgan fingerprint density at radius 2 is 1.92 bits per heavy atom. The maximum Gasteiger partial charge on any atom is 0.0608 e. The average Bonchev–Trinajstić information content (AvgIpc) is 2.91. The van der Waals surface area contributed by atoms with E-state index in [1.165, 1.54) is 44.9 Å². The summed E-state index contributed by atoms with van der Waals surface area (Å²) < 4.78 is 5.68. The summed E-state index contributed by atoms with van der Waals surface area (Å²) in [7, 11) is 1.88. The summed E-state index contributed by atoms with van der Waals surface area (Å²) >= 11 is 0. The molecule has 0 radical (unpaired) electrons. The maximum absolute atomic E-state index is 10.3. The quantitative estimate of drug-likeness (QED) is 0.724. The fourth-order valence-corrected chi connectivity index (χ4v) is 7.66. The van der Waals surface area contributed by atoms with Gasteiger partial charge in [0.05, 0.1) is 12.2 Å². The van der Waals surface area contributed by atoms with Gasteiger partial charge in [-0.05, 0) is 92.8 Å². The van der Waals surface area contributed by atoms with E-state index in [-0.39, 0.29) is 6.10 Å². The minimum absolute atomic E-state index is 0.140. The van der Waals surface area contributed by atoms with Crippen molar-refractivity contribution < 1.29 is 9.84 Å². The molecule has 0 amide bonds. The van der Waals surface area contributed by atoms with Gasteiger partial charge in [-0.3, -0.25) is 0 Å². The first-order valence-electron chi connectivity index (χ1n) is 10.3. The van der Waals surface area contributed by atoms with E-state index in [1.54, 1.807) is 5.57 Å². The Labute approximate surface area is 148 Å². The molecule has 0 saturated heterocycles. The summed E-state index contributed by atoms with van der Waals surface area (Å²) in [6.45, 7) is 7.09. The van der Waals surface area contributed by atoms with Crippen LogP contribution in [0.3, 0.4) is 0 Å². The molecule has 3 saturated carbocycles. The molecule has 0 heterocycles. The number of allylic oxidation sites excluding steroid dienone is 1. The van der Waals surface area contributed by atoms with Gasteiger partial charge in [0.25, 0.3) is 0 Å². The minimum Gasteiger partial charge on any atom is -0.393 e. The van der Waals surface area contributed by atoms with E-state index in [9.17, 15) is 5.11 Å². The van der Waals surface area contributed by atoms with Gasteiger partial charge in [-0.25, -0.2) is 0 Å². The van der Waals surface area contributed by atoms with E-state index in [1.807, 2.05) is 14.0 Å². The number of rotatable bonds is 2. The lowest BCUT2D eigenvalue weighted by atomic mass is 9.47. The van der Waals surface area contributed by atoms with Crippen LogP contribution in [-0.4, -0.2) is 24.4 Å². The Morgan fingerprint density at radius 1 is 1.12 bits per heavy atom. The van der Waals surface area contributed by atoms with Crippen molar-refractivity contribution in [2.75, 3.05) is 7.11 Å². The number of aliphatic hydroxyl groups is 1. The molecular formula is C22H36O2. The summed E-state index contributed by atoms with van der Waals surface area (Å²) in [5.74, 6) is 3.05. The van der Waals surface area contributed by atoms with E-state index in [0.717, 1.165) is 24.2 Å². The molecule has 136 valence electrons. The van der Waals surface area contributed by atoms with Crippen LogP contribution in [0.4, 0.5) is 0 Å². The number of hydrogen-bond acceptors (Lipinski definition) is 2. The molecule has 0 spiro atoms. The van der Waals surface area contributed by atoms with Gasteiger partial charge in [0.15, 0.2) is 0 Å². The Bertz CT molecular complexity index is 524. The first kappa shape index (κ1) is 17.1. The zero-order valence-electron chi connectivity index (χ0n) is 16.1. The van der Waals surface area contributed by atoms with Crippen LogP contribution in [0.5, 0.6) is 0 Å². The third kappa shape index (κ3) is 2.28. The lowest BCUT2D eigenvalue weighted by Gasteiger charge is -2.58. The minimum atomic E-state index is -0.140. The second-order valence-electron chi connectivity index (χ2n) is 9.83. The molecular weight excluding hydrogens is 296 g/mol. The van der Waals surface area contributed by atoms with Crippen LogP contribution in [0.1, 0.15) is 72.1 Å². The largest absolute Gasteiger partial charge is 0.393 e. The Balaban J connectivity index is 1.62. The van der Waals surface area contributed by atoms with Crippen molar-refractivity contribution >= 4 is 0 Å². The molecule has 8 atom stereocenters. The van der Waals surface area contributed by atoms with Crippen molar-refractivity contribution in [1.82, 2.24) is 0 Å². The highest BCUT2D eigenvalue weighted by Crippen LogP contribution is 2.66. The Hall–Kier alpha value is -0.340. The van der Waals surface area contributed by atoms with Crippen molar-refractivity contribution in [2.24, 2.45) is 34.5 Å². The normalized spacial score (nSPS) is 52.0. The number of fused-ring (bicyclic) bond motifs is 5. The van der Waals surface area contributed by atoms with Gasteiger partial charge in [0.1, 0.15) is 0 Å². The monoisotopic (exact) mass is 332 g/mol. The molecule has 0 aromatic carbocycles. The maximum atomic E-state index is 10.3. The predicted octanol–water partition coefficient (Wildman–Crippen LogP) is 4.96. The van der Waals surface area contributed by atoms with E-state index < -0.39 is 0 Å². The molecule has 4 unspecified atom stereocenters. The predicted molar refractivity (Wildman–Crippen MR) is 97.7 cm³/mol. The van der Waals surface area contributed by atoms with Crippen LogP contribution < -0.4 is 0 Å². The highest BCUT2D eigenvalue weighted by atomic mass is 16.5. The first-order chi connectivity index (χ1) is 11.4. The molecule has 0 bridgehead atoms. The Kier molecular flexibility index (Phi) is 4.16. The number of ether oxygens (including phenoxy) is 1. The second-order valence-corrected chi connectivity index (χ2v) is 9.83. The molecule has 1 N–H and O–H groups in total. The summed E-state index contributed by atoms with van der Waals surface area (Å²) in [5.41, 5.74) is 2.50. The van der Waals surface area contributed by atoms with E-state index in [2.05, 4.69) is 19.9 Å². The number of hydrogen-bond donors (Lipinski definition) is 1. The second kappa shape index (κ2) is 5.84. The van der Waals surface area contributed by atoms with Crippen LogP contribution in [0.15, 0.2) is 11.6 Å². The smallest absolute Gasteiger partial charge is 0.0608 e. The standard InChI is InChI=1S/C22H36O2/c1-14(23)18-7-8-19-17-6-5-15-13-16(24-4)9-11-21(15,2)20(17)10-12-22(18,19)3/h5,14,16-20,23H,6-13H2,1-4H3/t14-,16+,17?,18?,19?,20?,21+,22-/m1/s1. The molecule has 2 nitrogen and oxygen atoms in total. The van der Waals surface area contributed by atoms with Crippen molar-refractivity contribution in [3.05, 3.63) is 11.6 Å². The summed E-state index contributed by atoms with van der Waals surface area (Å²) in [5, 5.41) is 10.3. The van der Waals surface area contributed by atoms with Crippen LogP contribution in [-0.2, 0) is 4.74 Å². The van der Waals surface area contributed by atoms with Gasteiger partial charge < -0.3 is 9.84 Å². The zero-order chi connectivity index (χ0) is 17.1. The van der Waals surface area contributed by atoms with Crippen molar-refractivity contribution in [2.45, 2.75) is 84.3 Å². The fraction of sp³-hybridized carbons (Fsp3) is 0.909. The molecule has 0 aromatic rings. The van der Waals surface area contributed by atoms with Gasteiger partial charge in [0, 0.05) is 7.11 Å². The van der Waals surface area contributed by atoms with Crippen molar-refractivity contribution in [1.29, 1.82) is 0 Å². The van der Waals surface area contributed by atoms with E-state index in [0.29, 0.717) is 22.9 Å². The molecule has 4 aliphatic carbocycles. The lowest BCUT2D eigenvalue weighted by Crippen LogP contribution is -2.51. The van der Waals surface area contributed by atoms with Gasteiger partial charge in [-0.15, -0.1) is 0 Å². The summed E-state index contributed by atoms with van der Waals surface area (Å²) in [6.07, 6.45) is 13.2. The molecule has 0 aromatic heterocycles. The van der Waals surface area contributed by atoms with Crippen LogP contribution in [0.2, 0.25) is 0 Å². The molecule has 0 aliphatic heterocycles. The summed E-state index contributed by atoms with van der Waals surface area (Å²) in [4.78, 5) is 0. The third-order valence-corrected chi connectivity index (χ3v) is 9.05. The Morgan fingerprint density at radius 3 is 2.62 bits per heavy atom. The zero-order valence-corrected chi connectivity index (χ0v) is 16.1. The average molecular weight is 333 g/mol. The first-order valence-corrected chi connectivity index (χ1v) is 10.3. The lowest BCUT2D eigenvalue weighted by molar-refractivity contribution is -0.0696. The van der Waals surface area contributed by atoms with Crippen LogP contribution in [0.25, 0.3) is 0 Å². The molecule has 24 heavy (non-hydrogen) atoms. The molecule has 3 fully saturated rings. The molecule has 4 aliphatic rings. The third-order valence-electron chi connectivity index (χ3n) is 9.05. The highest BCUT2D eigenvalue weighted by molar-refractivity contribution is 5.25. The fourth-order valence-electron chi connectivity index (χ4n) is 7.66. The van der Waals surface area contributed by atoms with E-state index in [4.69, 9.17) is 4.74 Å². The van der Waals surface area contributed by atoms with Crippen LogP contribution in [0, 0.1) is 34.5 Å².